The lowest BCUT2D eigenvalue weighted by Gasteiger charge is -2.32. The number of nitrogens with zero attached hydrogens (tertiary/aromatic N) is 2. The number of likely N-dealkylation sites (tertiary alicyclic amines) is 1. The first-order valence-electron chi connectivity index (χ1n) is 6.65. The molecule has 0 bridgehead atoms. The number of nitrogens with one attached hydrogen (secondary N) is 1. The van der Waals surface area contributed by atoms with Crippen LogP contribution in [0.1, 0.15) is 25.0 Å². The third kappa shape index (κ3) is 4.10. The Balaban J connectivity index is 1.81. The average Bonchev–Trinajstić information content (AvgIpc) is 2.38. The van der Waals surface area contributed by atoms with Crippen molar-refractivity contribution in [2.75, 3.05) is 26.7 Å². The molecule has 0 spiro atoms. The second-order valence-corrected chi connectivity index (χ2v) is 4.96. The Labute approximate surface area is 104 Å². The molecule has 0 aromatic carbocycles. The van der Waals surface area contributed by atoms with Crippen molar-refractivity contribution >= 4 is 0 Å². The maximum absolute atomic E-state index is 4.41. The molecule has 1 aliphatic rings. The van der Waals surface area contributed by atoms with Crippen LogP contribution in [0.3, 0.4) is 0 Å². The summed E-state index contributed by atoms with van der Waals surface area (Å²) in [7, 11) is 2.04. The molecule has 1 aliphatic heterocycles. The molecular weight excluding hydrogens is 210 g/mol. The summed E-state index contributed by atoms with van der Waals surface area (Å²) in [5.41, 5.74) is 1.20. The van der Waals surface area contributed by atoms with Crippen LogP contribution in [0, 0.1) is 5.92 Å². The van der Waals surface area contributed by atoms with Gasteiger partial charge in [0.05, 0.1) is 5.69 Å². The zero-order chi connectivity index (χ0) is 11.9. The minimum Gasteiger partial charge on any atom is -0.320 e. The summed E-state index contributed by atoms with van der Waals surface area (Å²) in [6.07, 6.45) is 5.91. The average molecular weight is 233 g/mol. The van der Waals surface area contributed by atoms with Crippen LogP contribution in [0.4, 0.5) is 0 Å². The van der Waals surface area contributed by atoms with Gasteiger partial charge in [-0.3, -0.25) is 9.88 Å². The Kier molecular flexibility index (Phi) is 4.95. The van der Waals surface area contributed by atoms with Gasteiger partial charge in [0.1, 0.15) is 0 Å². The van der Waals surface area contributed by atoms with E-state index < -0.39 is 0 Å². The largest absolute Gasteiger partial charge is 0.320 e. The molecule has 0 aliphatic carbocycles. The third-order valence-electron chi connectivity index (χ3n) is 3.52. The molecule has 17 heavy (non-hydrogen) atoms. The van der Waals surface area contributed by atoms with Crippen LogP contribution >= 0.6 is 0 Å². The van der Waals surface area contributed by atoms with Crippen LogP contribution < -0.4 is 5.32 Å². The lowest BCUT2D eigenvalue weighted by Crippen LogP contribution is -2.36. The van der Waals surface area contributed by atoms with Gasteiger partial charge in [-0.15, -0.1) is 0 Å². The van der Waals surface area contributed by atoms with Crippen molar-refractivity contribution in [2.45, 2.75) is 25.8 Å². The van der Waals surface area contributed by atoms with Crippen LogP contribution in [0.25, 0.3) is 0 Å². The molecule has 94 valence electrons. The maximum Gasteiger partial charge on any atom is 0.0543 e. The Hall–Kier alpha value is -0.930. The molecule has 3 nitrogen and oxygen atoms in total. The zero-order valence-electron chi connectivity index (χ0n) is 10.7. The highest BCUT2D eigenvalue weighted by molar-refractivity contribution is 5.03. The molecule has 1 unspecified atom stereocenters. The third-order valence-corrected chi connectivity index (χ3v) is 3.52. The predicted octanol–water partition coefficient (Wildman–Crippen LogP) is 1.90. The molecule has 0 amide bonds. The summed E-state index contributed by atoms with van der Waals surface area (Å²) in [6, 6.07) is 6.18. The smallest absolute Gasteiger partial charge is 0.0543 e. The zero-order valence-corrected chi connectivity index (χ0v) is 10.7. The first kappa shape index (κ1) is 12.5. The van der Waals surface area contributed by atoms with Gasteiger partial charge in [0, 0.05) is 19.3 Å². The Morgan fingerprint density at radius 3 is 3.18 bits per heavy atom. The monoisotopic (exact) mass is 233 g/mol. The first-order chi connectivity index (χ1) is 8.38. The van der Waals surface area contributed by atoms with E-state index in [1.807, 2.05) is 19.3 Å². The molecule has 2 heterocycles. The van der Waals surface area contributed by atoms with Crippen LogP contribution in [0.5, 0.6) is 0 Å². The van der Waals surface area contributed by atoms with Crippen molar-refractivity contribution in [3.8, 4) is 0 Å². The summed E-state index contributed by atoms with van der Waals surface area (Å²) in [5.74, 6) is 0.861. The molecule has 1 atom stereocenters. The van der Waals surface area contributed by atoms with Crippen molar-refractivity contribution < 1.29 is 0 Å². The Bertz CT molecular complexity index is 313. The number of piperidine rings is 1. The molecule has 2 rings (SSSR count). The van der Waals surface area contributed by atoms with Gasteiger partial charge < -0.3 is 5.32 Å². The molecule has 1 saturated heterocycles. The predicted molar refractivity (Wildman–Crippen MR) is 70.8 cm³/mol. The van der Waals surface area contributed by atoms with Gasteiger partial charge in [-0.05, 0) is 57.5 Å². The maximum atomic E-state index is 4.41. The molecule has 1 aromatic rings. The number of hydrogen-bond donors (Lipinski definition) is 1. The number of rotatable bonds is 5. The molecule has 1 aromatic heterocycles. The van der Waals surface area contributed by atoms with E-state index in [0.29, 0.717) is 0 Å². The van der Waals surface area contributed by atoms with Gasteiger partial charge in [0.25, 0.3) is 0 Å². The molecule has 0 radical (unpaired) electrons. The quantitative estimate of drug-likeness (QED) is 0.842. The fourth-order valence-corrected chi connectivity index (χ4v) is 2.60. The highest BCUT2D eigenvalue weighted by Gasteiger charge is 2.19. The number of aromatic nitrogens is 1. The Morgan fingerprint density at radius 1 is 1.47 bits per heavy atom. The van der Waals surface area contributed by atoms with Gasteiger partial charge in [-0.1, -0.05) is 6.07 Å². The van der Waals surface area contributed by atoms with Gasteiger partial charge in [0.2, 0.25) is 0 Å². The van der Waals surface area contributed by atoms with E-state index in [4.69, 9.17) is 0 Å². The highest BCUT2D eigenvalue weighted by atomic mass is 15.1. The SMILES string of the molecule is CNCCC1CCCN(Cc2ccccn2)C1. The van der Waals surface area contributed by atoms with Gasteiger partial charge >= 0.3 is 0 Å². The normalized spacial score (nSPS) is 21.6. The van der Waals surface area contributed by atoms with E-state index >= 15 is 0 Å². The van der Waals surface area contributed by atoms with E-state index in [0.717, 1.165) is 19.0 Å². The van der Waals surface area contributed by atoms with Gasteiger partial charge in [0.15, 0.2) is 0 Å². The topological polar surface area (TPSA) is 28.2 Å². The van der Waals surface area contributed by atoms with E-state index in [1.165, 1.54) is 38.0 Å². The summed E-state index contributed by atoms with van der Waals surface area (Å²) in [5, 5.41) is 3.25. The summed E-state index contributed by atoms with van der Waals surface area (Å²) in [4.78, 5) is 6.95. The van der Waals surface area contributed by atoms with Crippen molar-refractivity contribution in [1.82, 2.24) is 15.2 Å². The minimum atomic E-state index is 0.861. The fourth-order valence-electron chi connectivity index (χ4n) is 2.60. The lowest BCUT2D eigenvalue weighted by molar-refractivity contribution is 0.160. The molecule has 0 saturated carbocycles. The van der Waals surface area contributed by atoms with Gasteiger partial charge in [-0.2, -0.15) is 0 Å². The first-order valence-corrected chi connectivity index (χ1v) is 6.65. The number of hydrogen-bond acceptors (Lipinski definition) is 3. The molecule has 1 fully saturated rings. The summed E-state index contributed by atoms with van der Waals surface area (Å²) in [6.45, 7) is 4.61. The standard InChI is InChI=1S/C14H23N3/c1-15-9-7-13-5-4-10-17(11-13)12-14-6-2-3-8-16-14/h2-3,6,8,13,15H,4-5,7,9-12H2,1H3. The number of pyridine rings is 1. The molecule has 1 N–H and O–H groups in total. The van der Waals surface area contributed by atoms with Crippen LogP contribution in [0.2, 0.25) is 0 Å². The molecular formula is C14H23N3. The van der Waals surface area contributed by atoms with Crippen molar-refractivity contribution in [3.05, 3.63) is 30.1 Å². The van der Waals surface area contributed by atoms with E-state index in [2.05, 4.69) is 27.3 Å². The van der Waals surface area contributed by atoms with Crippen LogP contribution in [0.15, 0.2) is 24.4 Å². The van der Waals surface area contributed by atoms with Crippen LogP contribution in [-0.4, -0.2) is 36.6 Å². The minimum absolute atomic E-state index is 0.861. The second-order valence-electron chi connectivity index (χ2n) is 4.96. The van der Waals surface area contributed by atoms with E-state index in [-0.39, 0.29) is 0 Å². The summed E-state index contributed by atoms with van der Waals surface area (Å²) < 4.78 is 0. The second kappa shape index (κ2) is 6.72. The van der Waals surface area contributed by atoms with Crippen molar-refractivity contribution in [3.63, 3.8) is 0 Å². The van der Waals surface area contributed by atoms with Crippen molar-refractivity contribution in [2.24, 2.45) is 5.92 Å². The fraction of sp³-hybridized carbons (Fsp3) is 0.643. The summed E-state index contributed by atoms with van der Waals surface area (Å²) >= 11 is 0. The van der Waals surface area contributed by atoms with Crippen molar-refractivity contribution in [1.29, 1.82) is 0 Å². The van der Waals surface area contributed by atoms with Gasteiger partial charge in [-0.25, -0.2) is 0 Å². The van der Waals surface area contributed by atoms with E-state index in [9.17, 15) is 0 Å². The highest BCUT2D eigenvalue weighted by Crippen LogP contribution is 2.20. The molecule has 3 heteroatoms. The lowest BCUT2D eigenvalue weighted by atomic mass is 9.94. The van der Waals surface area contributed by atoms with E-state index in [1.54, 1.807) is 0 Å². The Morgan fingerprint density at radius 2 is 2.41 bits per heavy atom. The van der Waals surface area contributed by atoms with Crippen LogP contribution in [-0.2, 0) is 6.54 Å².